The maximum Gasteiger partial charge on any atom is 0.155 e. The zero-order valence-corrected chi connectivity index (χ0v) is 9.76. The molecule has 0 aromatic heterocycles. The van der Waals surface area contributed by atoms with Gasteiger partial charge in [0.25, 0.3) is 0 Å². The molecule has 0 aliphatic rings. The van der Waals surface area contributed by atoms with Gasteiger partial charge in [-0.15, -0.1) is 0 Å². The topological polar surface area (TPSA) is 35.5 Å². The Morgan fingerprint density at radius 1 is 1.07 bits per heavy atom. The zero-order chi connectivity index (χ0) is 11.0. The molecule has 0 unspecified atom stereocenters. The molecule has 0 aliphatic heterocycles. The summed E-state index contributed by atoms with van der Waals surface area (Å²) in [6.45, 7) is 10.1. The molecule has 0 spiro atoms. The van der Waals surface area contributed by atoms with E-state index in [2.05, 4.69) is 20.8 Å². The summed E-state index contributed by atoms with van der Waals surface area (Å²) < 4.78 is 10.4. The van der Waals surface area contributed by atoms with E-state index in [1.54, 1.807) is 0 Å². The average Bonchev–Trinajstić information content (AvgIpc) is 2.00. The molecule has 0 radical (unpaired) electrons. The van der Waals surface area contributed by atoms with Crippen LogP contribution in [0.5, 0.6) is 0 Å². The number of carbonyl (C=O) groups excluding carboxylic acids is 1. The Hall–Kier alpha value is -0.410. The van der Waals surface area contributed by atoms with Gasteiger partial charge < -0.3 is 9.47 Å². The monoisotopic (exact) mass is 202 g/mol. The van der Waals surface area contributed by atoms with E-state index in [0.29, 0.717) is 18.6 Å². The fraction of sp³-hybridized carbons (Fsp3) is 0.909. The minimum atomic E-state index is 0.0553. The van der Waals surface area contributed by atoms with Crippen LogP contribution in [0.25, 0.3) is 0 Å². The lowest BCUT2D eigenvalue weighted by molar-refractivity contribution is -0.121. The fourth-order valence-corrected chi connectivity index (χ4v) is 0.814. The third-order valence-electron chi connectivity index (χ3n) is 1.67. The van der Waals surface area contributed by atoms with Gasteiger partial charge in [-0.25, -0.2) is 0 Å². The van der Waals surface area contributed by atoms with Gasteiger partial charge in [0.05, 0.1) is 13.2 Å². The Labute approximate surface area is 86.8 Å². The molecule has 0 bridgehead atoms. The summed E-state index contributed by atoms with van der Waals surface area (Å²) in [4.78, 5) is 10.5. The second-order valence-electron chi connectivity index (χ2n) is 4.68. The molecule has 0 atom stereocenters. The van der Waals surface area contributed by atoms with Crippen LogP contribution in [0.4, 0.5) is 0 Å². The summed E-state index contributed by atoms with van der Waals surface area (Å²) in [5, 5.41) is 0. The molecule has 0 heterocycles. The van der Waals surface area contributed by atoms with E-state index in [1.165, 1.54) is 6.92 Å². The molecular weight excluding hydrogens is 180 g/mol. The second-order valence-corrected chi connectivity index (χ2v) is 4.68. The molecular formula is C11H22O3. The van der Waals surface area contributed by atoms with Gasteiger partial charge in [0, 0.05) is 6.61 Å². The highest BCUT2D eigenvalue weighted by Gasteiger charge is 2.08. The first kappa shape index (κ1) is 13.6. The third-order valence-corrected chi connectivity index (χ3v) is 1.67. The number of hydrogen-bond donors (Lipinski definition) is 0. The van der Waals surface area contributed by atoms with Crippen molar-refractivity contribution in [3.8, 4) is 0 Å². The molecule has 0 fully saturated rings. The van der Waals surface area contributed by atoms with Crippen molar-refractivity contribution in [2.45, 2.75) is 34.1 Å². The van der Waals surface area contributed by atoms with Crippen LogP contribution in [0.15, 0.2) is 0 Å². The lowest BCUT2D eigenvalue weighted by atomic mass is 9.93. The highest BCUT2D eigenvalue weighted by molar-refractivity contribution is 5.76. The van der Waals surface area contributed by atoms with E-state index < -0.39 is 0 Å². The Morgan fingerprint density at radius 2 is 1.64 bits per heavy atom. The van der Waals surface area contributed by atoms with Crippen LogP contribution in [0.3, 0.4) is 0 Å². The summed E-state index contributed by atoms with van der Waals surface area (Å²) in [5.41, 5.74) is 0.320. The van der Waals surface area contributed by atoms with E-state index in [0.717, 1.165) is 13.0 Å². The number of hydrogen-bond acceptors (Lipinski definition) is 3. The van der Waals surface area contributed by atoms with Crippen LogP contribution in [-0.4, -0.2) is 32.2 Å². The highest BCUT2D eigenvalue weighted by Crippen LogP contribution is 2.17. The third kappa shape index (κ3) is 11.6. The summed E-state index contributed by atoms with van der Waals surface area (Å²) in [5.74, 6) is 0.0553. The minimum Gasteiger partial charge on any atom is -0.379 e. The summed E-state index contributed by atoms with van der Waals surface area (Å²) >= 11 is 0. The molecule has 3 nitrogen and oxygen atoms in total. The zero-order valence-electron chi connectivity index (χ0n) is 9.76. The van der Waals surface area contributed by atoms with Gasteiger partial charge in [-0.1, -0.05) is 20.8 Å². The Morgan fingerprint density at radius 3 is 2.14 bits per heavy atom. The maximum atomic E-state index is 10.5. The Bertz CT molecular complexity index is 158. The van der Waals surface area contributed by atoms with Crippen molar-refractivity contribution in [3.63, 3.8) is 0 Å². The SMILES string of the molecule is CC(=O)COCCOCCC(C)(C)C. The lowest BCUT2D eigenvalue weighted by Gasteiger charge is -2.17. The van der Waals surface area contributed by atoms with Crippen molar-refractivity contribution < 1.29 is 14.3 Å². The molecule has 0 saturated heterocycles. The van der Waals surface area contributed by atoms with E-state index in [4.69, 9.17) is 9.47 Å². The minimum absolute atomic E-state index is 0.0553. The van der Waals surface area contributed by atoms with Crippen LogP contribution >= 0.6 is 0 Å². The average molecular weight is 202 g/mol. The summed E-state index contributed by atoms with van der Waals surface area (Å²) in [6.07, 6.45) is 1.04. The molecule has 0 rings (SSSR count). The Kier molecular flexibility index (Phi) is 6.75. The maximum absolute atomic E-state index is 10.5. The standard InChI is InChI=1S/C11H22O3/c1-10(12)9-14-8-7-13-6-5-11(2,3)4/h5-9H2,1-4H3. The van der Waals surface area contributed by atoms with Crippen LogP contribution in [0, 0.1) is 5.41 Å². The molecule has 0 N–H and O–H groups in total. The fourth-order valence-electron chi connectivity index (χ4n) is 0.814. The van der Waals surface area contributed by atoms with Gasteiger partial charge >= 0.3 is 0 Å². The van der Waals surface area contributed by atoms with Crippen LogP contribution in [-0.2, 0) is 14.3 Å². The molecule has 0 aromatic carbocycles. The molecule has 0 aliphatic carbocycles. The lowest BCUT2D eigenvalue weighted by Crippen LogP contribution is -2.13. The van der Waals surface area contributed by atoms with E-state index in [1.807, 2.05) is 0 Å². The van der Waals surface area contributed by atoms with Crippen molar-refractivity contribution in [2.75, 3.05) is 26.4 Å². The molecule has 0 saturated carbocycles. The van der Waals surface area contributed by atoms with Gasteiger partial charge in [0.1, 0.15) is 6.61 Å². The van der Waals surface area contributed by atoms with Gasteiger partial charge in [-0.3, -0.25) is 4.79 Å². The van der Waals surface area contributed by atoms with Gasteiger partial charge in [0.2, 0.25) is 0 Å². The van der Waals surface area contributed by atoms with Crippen molar-refractivity contribution in [3.05, 3.63) is 0 Å². The first-order chi connectivity index (χ1) is 6.42. The molecule has 84 valence electrons. The highest BCUT2D eigenvalue weighted by atomic mass is 16.5. The van der Waals surface area contributed by atoms with Crippen LogP contribution < -0.4 is 0 Å². The molecule has 0 aromatic rings. The number of Topliss-reactive ketones (excluding diaryl/α,β-unsaturated/α-hetero) is 1. The van der Waals surface area contributed by atoms with Crippen molar-refractivity contribution in [1.29, 1.82) is 0 Å². The summed E-state index contributed by atoms with van der Waals surface area (Å²) in [7, 11) is 0. The smallest absolute Gasteiger partial charge is 0.155 e. The van der Waals surface area contributed by atoms with Crippen molar-refractivity contribution in [1.82, 2.24) is 0 Å². The van der Waals surface area contributed by atoms with Crippen LogP contribution in [0.1, 0.15) is 34.1 Å². The van der Waals surface area contributed by atoms with E-state index >= 15 is 0 Å². The normalized spacial score (nSPS) is 11.7. The van der Waals surface area contributed by atoms with Crippen molar-refractivity contribution in [2.24, 2.45) is 5.41 Å². The van der Waals surface area contributed by atoms with Crippen LogP contribution in [0.2, 0.25) is 0 Å². The first-order valence-electron chi connectivity index (χ1n) is 5.07. The van der Waals surface area contributed by atoms with Gasteiger partial charge in [-0.2, -0.15) is 0 Å². The number of ketones is 1. The Balaban J connectivity index is 3.11. The number of rotatable bonds is 7. The van der Waals surface area contributed by atoms with Gasteiger partial charge in [-0.05, 0) is 18.8 Å². The first-order valence-corrected chi connectivity index (χ1v) is 5.07. The number of ether oxygens (including phenoxy) is 2. The van der Waals surface area contributed by atoms with Crippen molar-refractivity contribution >= 4 is 5.78 Å². The second kappa shape index (κ2) is 6.96. The predicted molar refractivity (Wildman–Crippen MR) is 56.4 cm³/mol. The molecule has 3 heteroatoms. The van der Waals surface area contributed by atoms with Gasteiger partial charge in [0.15, 0.2) is 5.78 Å². The van der Waals surface area contributed by atoms with E-state index in [9.17, 15) is 4.79 Å². The largest absolute Gasteiger partial charge is 0.379 e. The summed E-state index contributed by atoms with van der Waals surface area (Å²) in [6, 6.07) is 0. The van der Waals surface area contributed by atoms with E-state index in [-0.39, 0.29) is 12.4 Å². The number of carbonyl (C=O) groups is 1. The molecule has 14 heavy (non-hydrogen) atoms. The molecule has 0 amide bonds. The quantitative estimate of drug-likeness (QED) is 0.593. The predicted octanol–water partition coefficient (Wildman–Crippen LogP) is 2.04.